The third-order valence-electron chi connectivity index (χ3n) is 3.77. The van der Waals surface area contributed by atoms with Crippen molar-refractivity contribution in [3.63, 3.8) is 0 Å². The van der Waals surface area contributed by atoms with Crippen LogP contribution in [0.2, 0.25) is 0 Å². The predicted molar refractivity (Wildman–Crippen MR) is 108 cm³/mol. The molecule has 0 saturated heterocycles. The number of ketones is 1. The highest BCUT2D eigenvalue weighted by Crippen LogP contribution is 2.23. The minimum Gasteiger partial charge on any atom is -0.484 e. The van der Waals surface area contributed by atoms with Crippen LogP contribution in [0.25, 0.3) is 0 Å². The van der Waals surface area contributed by atoms with Gasteiger partial charge in [-0.15, -0.1) is 11.8 Å². The van der Waals surface area contributed by atoms with E-state index in [1.807, 2.05) is 24.3 Å². The lowest BCUT2D eigenvalue weighted by Gasteiger charge is -2.09. The van der Waals surface area contributed by atoms with Gasteiger partial charge in [-0.1, -0.05) is 24.3 Å². The zero-order valence-corrected chi connectivity index (χ0v) is 15.7. The van der Waals surface area contributed by atoms with E-state index in [0.29, 0.717) is 17.0 Å². The van der Waals surface area contributed by atoms with Crippen molar-refractivity contribution in [3.05, 3.63) is 90.2 Å². The van der Waals surface area contributed by atoms with E-state index in [2.05, 4.69) is 5.32 Å². The average Bonchev–Trinajstić information content (AvgIpc) is 2.72. The summed E-state index contributed by atoms with van der Waals surface area (Å²) >= 11 is 1.35. The molecule has 4 nitrogen and oxygen atoms in total. The fourth-order valence-electron chi connectivity index (χ4n) is 2.39. The van der Waals surface area contributed by atoms with Crippen molar-refractivity contribution in [2.45, 2.75) is 4.90 Å². The van der Waals surface area contributed by atoms with Crippen LogP contribution in [0, 0.1) is 5.82 Å². The second-order valence-corrected chi connectivity index (χ2v) is 6.95. The van der Waals surface area contributed by atoms with Gasteiger partial charge in [-0.05, 0) is 54.6 Å². The molecule has 0 spiro atoms. The summed E-state index contributed by atoms with van der Waals surface area (Å²) in [6.07, 6.45) is 0. The first-order valence-electron chi connectivity index (χ1n) is 8.59. The standard InChI is InChI=1S/C22H18FNO3S/c23-17-11-9-16(10-12-17)21(25)15-28-20-8-4-5-18(13-20)24-22(26)14-27-19-6-2-1-3-7-19/h1-13H,14-15H2,(H,24,26). The fraction of sp³-hybridized carbons (Fsp3) is 0.0909. The molecule has 0 radical (unpaired) electrons. The van der Waals surface area contributed by atoms with Crippen molar-refractivity contribution in [1.82, 2.24) is 0 Å². The van der Waals surface area contributed by atoms with Crippen molar-refractivity contribution in [1.29, 1.82) is 0 Å². The Bertz CT molecular complexity index is 946. The number of hydrogen-bond acceptors (Lipinski definition) is 4. The molecule has 0 bridgehead atoms. The number of para-hydroxylation sites is 1. The minimum absolute atomic E-state index is 0.0873. The maximum Gasteiger partial charge on any atom is 0.262 e. The Morgan fingerprint density at radius 2 is 1.68 bits per heavy atom. The Kier molecular flexibility index (Phi) is 6.81. The van der Waals surface area contributed by atoms with Crippen LogP contribution < -0.4 is 10.1 Å². The van der Waals surface area contributed by atoms with Crippen molar-refractivity contribution in [2.24, 2.45) is 0 Å². The number of Topliss-reactive ketones (excluding diaryl/α,β-unsaturated/α-hetero) is 1. The molecule has 3 aromatic rings. The van der Waals surface area contributed by atoms with Gasteiger partial charge in [-0.25, -0.2) is 4.39 Å². The number of amides is 1. The number of ether oxygens (including phenoxy) is 1. The number of carbonyl (C=O) groups is 2. The minimum atomic E-state index is -0.371. The second-order valence-electron chi connectivity index (χ2n) is 5.90. The Labute approximate surface area is 166 Å². The summed E-state index contributed by atoms with van der Waals surface area (Å²) in [4.78, 5) is 25.1. The van der Waals surface area contributed by atoms with Gasteiger partial charge in [0.15, 0.2) is 12.4 Å². The zero-order valence-electron chi connectivity index (χ0n) is 14.9. The summed E-state index contributed by atoms with van der Waals surface area (Å²) in [5.41, 5.74) is 1.09. The molecule has 0 saturated carbocycles. The monoisotopic (exact) mass is 395 g/mol. The van der Waals surface area contributed by atoms with Crippen molar-refractivity contribution in [3.8, 4) is 5.75 Å². The summed E-state index contributed by atoms with van der Waals surface area (Å²) in [5, 5.41) is 2.77. The van der Waals surface area contributed by atoms with E-state index < -0.39 is 0 Å². The highest BCUT2D eigenvalue weighted by Gasteiger charge is 2.08. The Hall–Kier alpha value is -3.12. The number of nitrogens with one attached hydrogen (secondary N) is 1. The molecule has 28 heavy (non-hydrogen) atoms. The maximum absolute atomic E-state index is 12.9. The number of hydrogen-bond donors (Lipinski definition) is 1. The zero-order chi connectivity index (χ0) is 19.8. The van der Waals surface area contributed by atoms with Gasteiger partial charge in [0.1, 0.15) is 11.6 Å². The van der Waals surface area contributed by atoms with Gasteiger partial charge in [0.2, 0.25) is 0 Å². The highest BCUT2D eigenvalue weighted by molar-refractivity contribution is 8.00. The quantitative estimate of drug-likeness (QED) is 0.439. The molecule has 0 heterocycles. The van der Waals surface area contributed by atoms with Crippen LogP contribution in [0.1, 0.15) is 10.4 Å². The van der Waals surface area contributed by atoms with Gasteiger partial charge in [0, 0.05) is 16.1 Å². The van der Waals surface area contributed by atoms with E-state index in [1.54, 1.807) is 30.3 Å². The number of rotatable bonds is 8. The largest absolute Gasteiger partial charge is 0.484 e. The number of halogens is 1. The Morgan fingerprint density at radius 3 is 2.43 bits per heavy atom. The number of anilines is 1. The molecule has 0 unspecified atom stereocenters. The fourth-order valence-corrected chi connectivity index (χ4v) is 3.24. The van der Waals surface area contributed by atoms with Crippen LogP contribution in [-0.4, -0.2) is 24.1 Å². The van der Waals surface area contributed by atoms with Crippen molar-refractivity contribution >= 4 is 29.1 Å². The Balaban J connectivity index is 1.51. The lowest BCUT2D eigenvalue weighted by molar-refractivity contribution is -0.118. The van der Waals surface area contributed by atoms with Gasteiger partial charge >= 0.3 is 0 Å². The van der Waals surface area contributed by atoms with Crippen LogP contribution in [-0.2, 0) is 4.79 Å². The summed E-state index contributed by atoms with van der Waals surface area (Å²) in [5.74, 6) is 0.120. The van der Waals surface area contributed by atoms with Gasteiger partial charge in [0.25, 0.3) is 5.91 Å². The first-order chi connectivity index (χ1) is 13.6. The van der Waals surface area contributed by atoms with E-state index in [1.165, 1.54) is 36.0 Å². The average molecular weight is 395 g/mol. The van der Waals surface area contributed by atoms with Crippen LogP contribution in [0.5, 0.6) is 5.75 Å². The lowest BCUT2D eigenvalue weighted by Crippen LogP contribution is -2.20. The third kappa shape index (κ3) is 5.96. The molecule has 1 amide bonds. The van der Waals surface area contributed by atoms with E-state index >= 15 is 0 Å². The molecule has 3 aromatic carbocycles. The van der Waals surface area contributed by atoms with Crippen LogP contribution in [0.15, 0.2) is 83.8 Å². The topological polar surface area (TPSA) is 55.4 Å². The smallest absolute Gasteiger partial charge is 0.262 e. The van der Waals surface area contributed by atoms with E-state index in [9.17, 15) is 14.0 Å². The molecule has 0 atom stereocenters. The first kappa shape index (κ1) is 19.6. The molecule has 0 aromatic heterocycles. The van der Waals surface area contributed by atoms with E-state index in [0.717, 1.165) is 4.90 Å². The Morgan fingerprint density at radius 1 is 0.929 bits per heavy atom. The van der Waals surface area contributed by atoms with Crippen molar-refractivity contribution in [2.75, 3.05) is 17.7 Å². The number of carbonyl (C=O) groups excluding carboxylic acids is 2. The summed E-state index contributed by atoms with van der Waals surface area (Å²) in [7, 11) is 0. The molecule has 142 valence electrons. The van der Waals surface area contributed by atoms with Gasteiger partial charge in [-0.2, -0.15) is 0 Å². The number of benzene rings is 3. The van der Waals surface area contributed by atoms with Crippen molar-refractivity contribution < 1.29 is 18.7 Å². The van der Waals surface area contributed by atoms with Crippen LogP contribution in [0.3, 0.4) is 0 Å². The molecule has 1 N–H and O–H groups in total. The molecule has 3 rings (SSSR count). The third-order valence-corrected chi connectivity index (χ3v) is 4.76. The summed E-state index contributed by atoms with van der Waals surface area (Å²) in [6.45, 7) is -0.0928. The molecule has 0 aliphatic heterocycles. The molecule has 6 heteroatoms. The first-order valence-corrected chi connectivity index (χ1v) is 9.58. The number of thioether (sulfide) groups is 1. The predicted octanol–water partition coefficient (Wildman–Crippen LogP) is 4.82. The van der Waals surface area contributed by atoms with E-state index in [4.69, 9.17) is 4.74 Å². The SMILES string of the molecule is O=C(COc1ccccc1)Nc1cccc(SCC(=O)c2ccc(F)cc2)c1. The molecular formula is C22H18FNO3S. The molecule has 0 aliphatic carbocycles. The molecular weight excluding hydrogens is 377 g/mol. The molecule has 0 aliphatic rings. The van der Waals surface area contributed by atoms with E-state index in [-0.39, 0.29) is 29.9 Å². The summed E-state index contributed by atoms with van der Waals surface area (Å²) in [6, 6.07) is 21.8. The van der Waals surface area contributed by atoms with Gasteiger partial charge < -0.3 is 10.1 Å². The van der Waals surface area contributed by atoms with Gasteiger partial charge in [-0.3, -0.25) is 9.59 Å². The van der Waals surface area contributed by atoms with Crippen LogP contribution in [0.4, 0.5) is 10.1 Å². The van der Waals surface area contributed by atoms with Gasteiger partial charge in [0.05, 0.1) is 5.75 Å². The summed E-state index contributed by atoms with van der Waals surface area (Å²) < 4.78 is 18.4. The normalized spacial score (nSPS) is 10.3. The second kappa shape index (κ2) is 9.71. The lowest BCUT2D eigenvalue weighted by atomic mass is 10.1. The maximum atomic E-state index is 12.9. The van der Waals surface area contributed by atoms with Crippen LogP contribution >= 0.6 is 11.8 Å². The highest BCUT2D eigenvalue weighted by atomic mass is 32.2. The molecule has 0 fully saturated rings.